The Balaban J connectivity index is 2.00. The average Bonchev–Trinajstić information content (AvgIpc) is 2.73. The van der Waals surface area contributed by atoms with Crippen molar-refractivity contribution in [2.45, 2.75) is 44.9 Å². The Bertz CT molecular complexity index is 409. The number of rotatable bonds is 4. The van der Waals surface area contributed by atoms with Gasteiger partial charge in [-0.1, -0.05) is 15.9 Å². The predicted octanol–water partition coefficient (Wildman–Crippen LogP) is 3.42. The molecule has 4 heteroatoms. The first kappa shape index (κ1) is 13.8. The van der Waals surface area contributed by atoms with Gasteiger partial charge in [0.2, 0.25) is 0 Å². The summed E-state index contributed by atoms with van der Waals surface area (Å²) in [7, 11) is 0. The molecule has 1 saturated heterocycles. The Morgan fingerprint density at radius 1 is 1.50 bits per heavy atom. The normalized spacial score (nSPS) is 25.1. The monoisotopic (exact) mass is 313 g/mol. The van der Waals surface area contributed by atoms with Crippen molar-refractivity contribution in [2.24, 2.45) is 5.73 Å². The van der Waals surface area contributed by atoms with E-state index in [2.05, 4.69) is 22.9 Å². The fourth-order valence-corrected chi connectivity index (χ4v) is 2.58. The van der Waals surface area contributed by atoms with Gasteiger partial charge < -0.3 is 15.2 Å². The van der Waals surface area contributed by atoms with Crippen molar-refractivity contribution in [2.75, 3.05) is 6.61 Å². The van der Waals surface area contributed by atoms with Crippen LogP contribution in [0, 0.1) is 0 Å². The molecule has 1 aliphatic rings. The topological polar surface area (TPSA) is 44.5 Å². The van der Waals surface area contributed by atoms with Crippen LogP contribution in [-0.2, 0) is 4.74 Å². The van der Waals surface area contributed by atoms with Gasteiger partial charge in [-0.25, -0.2) is 0 Å². The zero-order valence-corrected chi connectivity index (χ0v) is 12.4. The number of ether oxygens (including phenoxy) is 2. The van der Waals surface area contributed by atoms with Crippen LogP contribution in [0.5, 0.6) is 5.75 Å². The van der Waals surface area contributed by atoms with E-state index < -0.39 is 0 Å². The van der Waals surface area contributed by atoms with Gasteiger partial charge in [0.05, 0.1) is 12.2 Å². The fraction of sp³-hybridized carbons (Fsp3) is 0.571. The van der Waals surface area contributed by atoms with E-state index in [-0.39, 0.29) is 12.1 Å². The third kappa shape index (κ3) is 3.46. The Labute approximate surface area is 117 Å². The Hall–Kier alpha value is -0.580. The van der Waals surface area contributed by atoms with Gasteiger partial charge in [-0.05, 0) is 44.9 Å². The minimum atomic E-state index is -0.0408. The SMILES string of the molecule is CC1CCC(COc2ccc(Br)cc2[C@@H](C)N)O1. The molecule has 2 unspecified atom stereocenters. The molecule has 0 spiro atoms. The standard InChI is InChI=1S/C14H20BrNO2/c1-9-3-5-12(18-9)8-17-14-6-4-11(15)7-13(14)10(2)16/h4,6-7,9-10,12H,3,5,8,16H2,1-2H3/t9?,10-,12?/m1/s1. The summed E-state index contributed by atoms with van der Waals surface area (Å²) in [6, 6.07) is 5.90. The van der Waals surface area contributed by atoms with Crippen molar-refractivity contribution in [1.82, 2.24) is 0 Å². The van der Waals surface area contributed by atoms with Crippen molar-refractivity contribution in [3.8, 4) is 5.75 Å². The molecular formula is C14H20BrNO2. The molecule has 2 N–H and O–H groups in total. The number of nitrogens with two attached hydrogens (primary N) is 1. The number of benzene rings is 1. The lowest BCUT2D eigenvalue weighted by atomic mass is 10.1. The molecule has 18 heavy (non-hydrogen) atoms. The van der Waals surface area contributed by atoms with E-state index in [0.717, 1.165) is 28.6 Å². The molecule has 1 aromatic carbocycles. The van der Waals surface area contributed by atoms with Gasteiger partial charge in [-0.3, -0.25) is 0 Å². The highest BCUT2D eigenvalue weighted by molar-refractivity contribution is 9.10. The molecule has 1 heterocycles. The summed E-state index contributed by atoms with van der Waals surface area (Å²) < 4.78 is 12.6. The first-order valence-corrected chi connectivity index (χ1v) is 7.19. The van der Waals surface area contributed by atoms with Crippen molar-refractivity contribution >= 4 is 15.9 Å². The van der Waals surface area contributed by atoms with Crippen LogP contribution in [0.1, 0.15) is 38.3 Å². The second-order valence-corrected chi connectivity index (χ2v) is 5.84. The fourth-order valence-electron chi connectivity index (χ4n) is 2.20. The molecule has 3 nitrogen and oxygen atoms in total. The van der Waals surface area contributed by atoms with Gasteiger partial charge in [-0.2, -0.15) is 0 Å². The summed E-state index contributed by atoms with van der Waals surface area (Å²) in [5, 5.41) is 0. The second kappa shape index (κ2) is 6.04. The van der Waals surface area contributed by atoms with E-state index in [1.165, 1.54) is 0 Å². The lowest BCUT2D eigenvalue weighted by Crippen LogP contribution is -2.19. The van der Waals surface area contributed by atoms with E-state index in [9.17, 15) is 0 Å². The van der Waals surface area contributed by atoms with Crippen LogP contribution in [0.3, 0.4) is 0 Å². The highest BCUT2D eigenvalue weighted by atomic mass is 79.9. The molecule has 1 aromatic rings. The van der Waals surface area contributed by atoms with Crippen molar-refractivity contribution < 1.29 is 9.47 Å². The van der Waals surface area contributed by atoms with Gasteiger partial charge >= 0.3 is 0 Å². The van der Waals surface area contributed by atoms with Crippen LogP contribution in [-0.4, -0.2) is 18.8 Å². The van der Waals surface area contributed by atoms with Crippen molar-refractivity contribution in [1.29, 1.82) is 0 Å². The molecule has 0 amide bonds. The highest BCUT2D eigenvalue weighted by Gasteiger charge is 2.22. The highest BCUT2D eigenvalue weighted by Crippen LogP contribution is 2.28. The zero-order valence-electron chi connectivity index (χ0n) is 10.9. The predicted molar refractivity (Wildman–Crippen MR) is 75.8 cm³/mol. The first-order valence-electron chi connectivity index (χ1n) is 6.39. The first-order chi connectivity index (χ1) is 8.56. The average molecular weight is 314 g/mol. The van der Waals surface area contributed by atoms with Gasteiger partial charge in [0.15, 0.2) is 0 Å². The van der Waals surface area contributed by atoms with Gasteiger partial charge in [0.25, 0.3) is 0 Å². The Morgan fingerprint density at radius 3 is 2.89 bits per heavy atom. The zero-order chi connectivity index (χ0) is 13.1. The third-order valence-corrected chi connectivity index (χ3v) is 3.70. The largest absolute Gasteiger partial charge is 0.491 e. The summed E-state index contributed by atoms with van der Waals surface area (Å²) in [5.74, 6) is 0.858. The second-order valence-electron chi connectivity index (χ2n) is 4.93. The molecule has 0 radical (unpaired) electrons. The maximum atomic E-state index is 5.96. The van der Waals surface area contributed by atoms with E-state index in [1.807, 2.05) is 25.1 Å². The van der Waals surface area contributed by atoms with Crippen LogP contribution in [0.15, 0.2) is 22.7 Å². The third-order valence-electron chi connectivity index (χ3n) is 3.21. The van der Waals surface area contributed by atoms with E-state index in [0.29, 0.717) is 12.7 Å². The lowest BCUT2D eigenvalue weighted by Gasteiger charge is -2.17. The summed E-state index contributed by atoms with van der Waals surface area (Å²) in [6.07, 6.45) is 2.76. The molecule has 0 aromatic heterocycles. The summed E-state index contributed by atoms with van der Waals surface area (Å²) in [6.45, 7) is 4.67. The molecule has 0 bridgehead atoms. The molecule has 2 rings (SSSR count). The molecule has 0 saturated carbocycles. The van der Waals surface area contributed by atoms with Crippen molar-refractivity contribution in [3.63, 3.8) is 0 Å². The van der Waals surface area contributed by atoms with Crippen LogP contribution in [0.4, 0.5) is 0 Å². The van der Waals surface area contributed by atoms with E-state index in [4.69, 9.17) is 15.2 Å². The van der Waals surface area contributed by atoms with Crippen LogP contribution in [0.25, 0.3) is 0 Å². The minimum absolute atomic E-state index is 0.0408. The van der Waals surface area contributed by atoms with Crippen LogP contribution >= 0.6 is 15.9 Å². The Morgan fingerprint density at radius 2 is 2.28 bits per heavy atom. The summed E-state index contributed by atoms with van der Waals surface area (Å²) in [4.78, 5) is 0. The number of hydrogen-bond acceptors (Lipinski definition) is 3. The molecule has 0 aliphatic carbocycles. The van der Waals surface area contributed by atoms with Gasteiger partial charge in [0, 0.05) is 16.1 Å². The number of hydrogen-bond donors (Lipinski definition) is 1. The van der Waals surface area contributed by atoms with Gasteiger partial charge in [-0.15, -0.1) is 0 Å². The quantitative estimate of drug-likeness (QED) is 0.926. The van der Waals surface area contributed by atoms with Gasteiger partial charge in [0.1, 0.15) is 12.4 Å². The molecule has 1 aliphatic heterocycles. The minimum Gasteiger partial charge on any atom is -0.491 e. The molecular weight excluding hydrogens is 294 g/mol. The number of halogens is 1. The Kier molecular flexibility index (Phi) is 4.65. The van der Waals surface area contributed by atoms with E-state index in [1.54, 1.807) is 0 Å². The maximum absolute atomic E-state index is 5.96. The summed E-state index contributed by atoms with van der Waals surface area (Å²) in [5.41, 5.74) is 6.98. The van der Waals surface area contributed by atoms with Crippen LogP contribution in [0.2, 0.25) is 0 Å². The molecule has 100 valence electrons. The smallest absolute Gasteiger partial charge is 0.124 e. The maximum Gasteiger partial charge on any atom is 0.124 e. The molecule has 3 atom stereocenters. The molecule has 1 fully saturated rings. The summed E-state index contributed by atoms with van der Waals surface area (Å²) >= 11 is 3.45. The van der Waals surface area contributed by atoms with Crippen molar-refractivity contribution in [3.05, 3.63) is 28.2 Å². The lowest BCUT2D eigenvalue weighted by molar-refractivity contribution is 0.0262. The van der Waals surface area contributed by atoms with E-state index >= 15 is 0 Å². The van der Waals surface area contributed by atoms with Crippen LogP contribution < -0.4 is 10.5 Å².